The van der Waals surface area contributed by atoms with E-state index in [0.29, 0.717) is 38.5 Å². The molecule has 1 aromatic heterocycles. The summed E-state index contributed by atoms with van der Waals surface area (Å²) in [4.78, 5) is 22.4. The van der Waals surface area contributed by atoms with Gasteiger partial charge in [0.1, 0.15) is 11.9 Å². The molecule has 2 aliphatic heterocycles. The number of nitrogens with zero attached hydrogens (tertiary/aromatic N) is 3. The number of rotatable bonds is 9. The van der Waals surface area contributed by atoms with Crippen molar-refractivity contribution in [2.75, 3.05) is 43.5 Å². The van der Waals surface area contributed by atoms with E-state index in [9.17, 15) is 22.4 Å². The summed E-state index contributed by atoms with van der Waals surface area (Å²) in [5, 5.41) is 3.44. The Kier molecular flexibility index (Phi) is 9.59. The van der Waals surface area contributed by atoms with Crippen LogP contribution in [0.4, 0.5) is 29.3 Å². The number of carbonyl (C=O) groups excluding carboxylic acids is 1. The first-order valence-electron chi connectivity index (χ1n) is 14.7. The maximum Gasteiger partial charge on any atom is 0.429 e. The van der Waals surface area contributed by atoms with Gasteiger partial charge in [-0.25, -0.2) is 4.39 Å². The Labute approximate surface area is 263 Å². The number of alkyl halides is 3. The molecule has 2 aromatic carbocycles. The third kappa shape index (κ3) is 7.36. The molecule has 3 N–H and O–H groups in total. The van der Waals surface area contributed by atoms with Gasteiger partial charge in [-0.05, 0) is 73.9 Å². The number of nitrogen functional groups attached to an aromatic ring is 1. The number of piperidine rings is 1. The van der Waals surface area contributed by atoms with E-state index in [4.69, 9.17) is 31.5 Å². The Morgan fingerprint density at radius 2 is 1.89 bits per heavy atom. The lowest BCUT2D eigenvalue weighted by Crippen LogP contribution is -2.41. The van der Waals surface area contributed by atoms with Crippen LogP contribution in [0.1, 0.15) is 44.8 Å². The summed E-state index contributed by atoms with van der Waals surface area (Å²) in [6, 6.07) is 8.66. The molecule has 3 aromatic rings. The predicted molar refractivity (Wildman–Crippen MR) is 161 cm³/mol. The first-order valence-corrected chi connectivity index (χ1v) is 15.0. The minimum Gasteiger partial charge on any atom is -0.491 e. The van der Waals surface area contributed by atoms with Crippen LogP contribution in [0.25, 0.3) is 11.1 Å². The zero-order chi connectivity index (χ0) is 32.4. The number of esters is 1. The molecule has 9 nitrogen and oxygen atoms in total. The topological polar surface area (TPSA) is 112 Å². The fourth-order valence-electron chi connectivity index (χ4n) is 5.94. The van der Waals surface area contributed by atoms with E-state index < -0.39 is 18.1 Å². The Morgan fingerprint density at radius 3 is 2.58 bits per heavy atom. The summed E-state index contributed by atoms with van der Waals surface area (Å²) in [5.74, 6) is -1.29. The van der Waals surface area contributed by atoms with E-state index in [0.717, 1.165) is 18.9 Å². The van der Waals surface area contributed by atoms with Crippen LogP contribution in [-0.2, 0) is 9.53 Å². The van der Waals surface area contributed by atoms with Crippen LogP contribution >= 0.6 is 11.6 Å². The fraction of sp³-hybridized carbons (Fsp3) is 0.452. The molecule has 2 fully saturated rings. The monoisotopic (exact) mass is 651 g/mol. The van der Waals surface area contributed by atoms with Crippen LogP contribution < -0.4 is 25.4 Å². The number of benzene rings is 2. The quantitative estimate of drug-likeness (QED) is 0.209. The van der Waals surface area contributed by atoms with Gasteiger partial charge in [-0.3, -0.25) is 4.79 Å². The molecule has 2 atom stereocenters. The number of nitrogens with two attached hydrogens (primary N) is 1. The number of nitrogens with one attached hydrogen (secondary N) is 1. The van der Waals surface area contributed by atoms with E-state index in [1.165, 1.54) is 36.4 Å². The largest absolute Gasteiger partial charge is 0.491 e. The van der Waals surface area contributed by atoms with Crippen LogP contribution in [0.3, 0.4) is 0 Å². The molecule has 14 heteroatoms. The van der Waals surface area contributed by atoms with Gasteiger partial charge in [0.2, 0.25) is 17.9 Å². The molecule has 5 rings (SSSR count). The summed E-state index contributed by atoms with van der Waals surface area (Å²) >= 11 is 6.19. The van der Waals surface area contributed by atoms with Crippen molar-refractivity contribution >= 4 is 29.3 Å². The van der Waals surface area contributed by atoms with E-state index in [2.05, 4.69) is 15.3 Å². The van der Waals surface area contributed by atoms with Crippen molar-refractivity contribution in [3.05, 3.63) is 58.9 Å². The van der Waals surface area contributed by atoms with Crippen LogP contribution in [-0.4, -0.2) is 61.0 Å². The maximum atomic E-state index is 14.6. The minimum absolute atomic E-state index is 0.0839. The molecule has 0 amide bonds. The highest BCUT2D eigenvalue weighted by molar-refractivity contribution is 6.30. The molecule has 0 radical (unpaired) electrons. The van der Waals surface area contributed by atoms with Crippen molar-refractivity contribution in [2.45, 2.75) is 51.4 Å². The van der Waals surface area contributed by atoms with Gasteiger partial charge in [0, 0.05) is 36.3 Å². The molecule has 2 saturated heterocycles. The van der Waals surface area contributed by atoms with Crippen molar-refractivity contribution in [1.29, 1.82) is 0 Å². The summed E-state index contributed by atoms with van der Waals surface area (Å²) < 4.78 is 74.2. The van der Waals surface area contributed by atoms with Gasteiger partial charge in [-0.2, -0.15) is 23.1 Å². The number of carbonyl (C=O) groups is 1. The van der Waals surface area contributed by atoms with Crippen molar-refractivity contribution in [3.8, 4) is 22.8 Å². The van der Waals surface area contributed by atoms with Crippen LogP contribution in [0, 0.1) is 11.2 Å². The second-order valence-corrected chi connectivity index (χ2v) is 11.6. The summed E-state index contributed by atoms with van der Waals surface area (Å²) in [6.07, 6.45) is -5.24. The van der Waals surface area contributed by atoms with Gasteiger partial charge >= 0.3 is 12.1 Å². The number of hydrogen-bond acceptors (Lipinski definition) is 9. The molecule has 242 valence electrons. The minimum atomic E-state index is -4.88. The van der Waals surface area contributed by atoms with Crippen LogP contribution in [0.5, 0.6) is 11.6 Å². The summed E-state index contributed by atoms with van der Waals surface area (Å²) in [7, 11) is 0. The maximum absolute atomic E-state index is 14.6. The third-order valence-electron chi connectivity index (χ3n) is 8.16. The lowest BCUT2D eigenvalue weighted by molar-refractivity contribution is -0.198. The molecule has 0 bridgehead atoms. The van der Waals surface area contributed by atoms with Crippen LogP contribution in [0.2, 0.25) is 5.02 Å². The van der Waals surface area contributed by atoms with Gasteiger partial charge < -0.3 is 30.2 Å². The van der Waals surface area contributed by atoms with Crippen molar-refractivity contribution < 1.29 is 36.6 Å². The van der Waals surface area contributed by atoms with Crippen LogP contribution in [0.15, 0.2) is 42.5 Å². The average Bonchev–Trinajstić information content (AvgIpc) is 3.40. The second kappa shape index (κ2) is 13.3. The van der Waals surface area contributed by atoms with E-state index in [1.807, 2.05) is 4.90 Å². The van der Waals surface area contributed by atoms with E-state index >= 15 is 0 Å². The first kappa shape index (κ1) is 32.6. The standard InChI is InChI=1S/C31H34ClF4N5O4/c1-3-43-24-13-18(5-8-22(24)33)21-14-19(32)6-7-20(21)27(31(34,35)36)45-26-15-25(39-29(37)40-26)41-11-9-30(10-12-41)16-23(38-17-30)28(42)44-4-2/h5-8,13-15,23,27,38H,3-4,9-12,16-17H2,1-2H3,(H2,37,39,40)/t23-,27+/m0/s1. The molecular weight excluding hydrogens is 618 g/mol. The Hall–Kier alpha value is -3.84. The van der Waals surface area contributed by atoms with E-state index in [-0.39, 0.29) is 63.3 Å². The summed E-state index contributed by atoms with van der Waals surface area (Å²) in [6.45, 7) is 5.67. The number of anilines is 2. The van der Waals surface area contributed by atoms with E-state index in [1.54, 1.807) is 13.8 Å². The van der Waals surface area contributed by atoms with Gasteiger partial charge in [-0.1, -0.05) is 23.7 Å². The molecule has 0 saturated carbocycles. The Bertz CT molecular complexity index is 1530. The smallest absolute Gasteiger partial charge is 0.429 e. The second-order valence-electron chi connectivity index (χ2n) is 11.1. The van der Waals surface area contributed by atoms with Crippen molar-refractivity contribution in [1.82, 2.24) is 15.3 Å². The van der Waals surface area contributed by atoms with Gasteiger partial charge in [0.25, 0.3) is 0 Å². The predicted octanol–water partition coefficient (Wildman–Crippen LogP) is 6.11. The zero-order valence-corrected chi connectivity index (χ0v) is 25.6. The molecule has 0 unspecified atom stereocenters. The molecule has 1 spiro atoms. The highest BCUT2D eigenvalue weighted by atomic mass is 35.5. The number of hydrogen-bond donors (Lipinski definition) is 2. The first-order chi connectivity index (χ1) is 21.4. The SMILES string of the molecule is CCOC(=O)[C@@H]1CC2(CCN(c3cc(O[C@H](c4ccc(Cl)cc4-c4ccc(F)c(OCC)c4)C(F)(F)F)nc(N)n3)CC2)CN1. The van der Waals surface area contributed by atoms with Gasteiger partial charge in [0.05, 0.1) is 13.2 Å². The molecular formula is C31H34ClF4N5O4. The highest BCUT2D eigenvalue weighted by Gasteiger charge is 2.46. The normalized spacial score (nSPS) is 18.6. The average molecular weight is 652 g/mol. The number of ether oxygens (including phenoxy) is 3. The molecule has 0 aliphatic carbocycles. The van der Waals surface area contributed by atoms with Gasteiger partial charge in [-0.15, -0.1) is 0 Å². The Morgan fingerprint density at radius 1 is 1.13 bits per heavy atom. The van der Waals surface area contributed by atoms with Crippen molar-refractivity contribution in [3.63, 3.8) is 0 Å². The lowest BCUT2D eigenvalue weighted by atomic mass is 9.76. The Balaban J connectivity index is 1.39. The third-order valence-corrected chi connectivity index (χ3v) is 8.40. The molecule has 3 heterocycles. The lowest BCUT2D eigenvalue weighted by Gasteiger charge is -2.39. The highest BCUT2D eigenvalue weighted by Crippen LogP contribution is 2.44. The molecule has 45 heavy (non-hydrogen) atoms. The number of aromatic nitrogens is 2. The zero-order valence-electron chi connectivity index (χ0n) is 24.8. The number of halogens is 5. The fourth-order valence-corrected chi connectivity index (χ4v) is 6.11. The van der Waals surface area contributed by atoms with Gasteiger partial charge in [0.15, 0.2) is 11.6 Å². The summed E-state index contributed by atoms with van der Waals surface area (Å²) in [5.41, 5.74) is 5.93. The van der Waals surface area contributed by atoms with Crippen molar-refractivity contribution in [2.24, 2.45) is 5.41 Å². The molecule has 2 aliphatic rings.